The molecule has 1 aliphatic carbocycles. The number of fused-ring (bicyclic) bond motifs is 2. The van der Waals surface area contributed by atoms with Gasteiger partial charge in [-0.3, -0.25) is 4.90 Å². The van der Waals surface area contributed by atoms with E-state index in [0.29, 0.717) is 12.6 Å². The topological polar surface area (TPSA) is 21.7 Å². The summed E-state index contributed by atoms with van der Waals surface area (Å²) < 4.78 is 24.9. The molecular formula is C18H24FNO2. The summed E-state index contributed by atoms with van der Waals surface area (Å²) in [6.07, 6.45) is 8.02. The highest BCUT2D eigenvalue weighted by atomic mass is 19.1. The molecule has 0 bridgehead atoms. The van der Waals surface area contributed by atoms with E-state index in [0.717, 1.165) is 35.9 Å². The fraction of sp³-hybridized carbons (Fsp3) is 0.667. The molecule has 2 fully saturated rings. The molecule has 3 nitrogen and oxygen atoms in total. The maximum absolute atomic E-state index is 13.9. The molecule has 2 heterocycles. The van der Waals surface area contributed by atoms with Gasteiger partial charge in [0.15, 0.2) is 6.79 Å². The Morgan fingerprint density at radius 2 is 2.00 bits per heavy atom. The Hall–Kier alpha value is -1.13. The molecule has 0 spiro atoms. The molecule has 1 aromatic carbocycles. The summed E-state index contributed by atoms with van der Waals surface area (Å²) >= 11 is 0. The number of hydrogen-bond acceptors (Lipinski definition) is 3. The van der Waals surface area contributed by atoms with Gasteiger partial charge in [0.25, 0.3) is 0 Å². The highest BCUT2D eigenvalue weighted by Crippen LogP contribution is 2.38. The maximum atomic E-state index is 13.9. The van der Waals surface area contributed by atoms with E-state index >= 15 is 0 Å². The molecule has 2 atom stereocenters. The lowest BCUT2D eigenvalue weighted by Crippen LogP contribution is -2.46. The Morgan fingerprint density at radius 1 is 1.14 bits per heavy atom. The van der Waals surface area contributed by atoms with Crippen LogP contribution in [-0.2, 0) is 17.9 Å². The van der Waals surface area contributed by atoms with Crippen LogP contribution in [0, 0.1) is 11.7 Å². The largest absolute Gasteiger partial charge is 0.467 e. The van der Waals surface area contributed by atoms with Crippen LogP contribution in [0.4, 0.5) is 4.39 Å². The molecule has 1 aromatic rings. The first-order valence-electron chi connectivity index (χ1n) is 8.57. The van der Waals surface area contributed by atoms with Crippen molar-refractivity contribution in [3.8, 4) is 5.75 Å². The molecule has 2 aliphatic heterocycles. The van der Waals surface area contributed by atoms with Crippen molar-refractivity contribution in [2.45, 2.75) is 57.7 Å². The van der Waals surface area contributed by atoms with Crippen molar-refractivity contribution in [2.75, 3.05) is 13.3 Å². The van der Waals surface area contributed by atoms with Crippen molar-refractivity contribution in [1.82, 2.24) is 4.90 Å². The van der Waals surface area contributed by atoms with Gasteiger partial charge in [0, 0.05) is 23.7 Å². The Kier molecular flexibility index (Phi) is 4.05. The summed E-state index contributed by atoms with van der Waals surface area (Å²) in [6.45, 7) is 2.66. The van der Waals surface area contributed by atoms with Crippen molar-refractivity contribution >= 4 is 0 Å². The van der Waals surface area contributed by atoms with E-state index in [-0.39, 0.29) is 12.6 Å². The fourth-order valence-electron chi connectivity index (χ4n) is 4.52. The maximum Gasteiger partial charge on any atom is 0.189 e. The number of ether oxygens (including phenoxy) is 2. The van der Waals surface area contributed by atoms with E-state index in [4.69, 9.17) is 9.47 Å². The second kappa shape index (κ2) is 6.17. The van der Waals surface area contributed by atoms with Crippen LogP contribution in [0.1, 0.15) is 49.7 Å². The van der Waals surface area contributed by atoms with E-state index in [2.05, 4.69) is 4.90 Å². The second-order valence-corrected chi connectivity index (χ2v) is 6.89. The average Bonchev–Trinajstić information content (AvgIpc) is 2.55. The molecule has 4 rings (SSSR count). The van der Waals surface area contributed by atoms with Gasteiger partial charge < -0.3 is 9.47 Å². The van der Waals surface area contributed by atoms with E-state index in [1.807, 2.05) is 0 Å². The molecule has 0 N–H and O–H groups in total. The molecule has 3 aliphatic rings. The second-order valence-electron chi connectivity index (χ2n) is 6.89. The zero-order chi connectivity index (χ0) is 14.9. The highest BCUT2D eigenvalue weighted by Gasteiger charge is 2.33. The first-order chi connectivity index (χ1) is 10.8. The molecule has 2 unspecified atom stereocenters. The third-order valence-corrected chi connectivity index (χ3v) is 5.48. The van der Waals surface area contributed by atoms with Crippen LogP contribution in [-0.4, -0.2) is 24.3 Å². The molecule has 1 saturated heterocycles. The Labute approximate surface area is 131 Å². The minimum Gasteiger partial charge on any atom is -0.467 e. The standard InChI is InChI=1S/C18H24FNO2/c19-16-8-14(18-15(9-16)11-21-12-22-18)10-20-7-3-5-13-4-1-2-6-17(13)20/h8-9,13,17H,1-7,10-12H2. The first kappa shape index (κ1) is 14.5. The SMILES string of the molecule is Fc1cc2c(c(CN3CCCC4CCCCC43)c1)OCOC2. The van der Waals surface area contributed by atoms with Crippen molar-refractivity contribution in [1.29, 1.82) is 0 Å². The molecule has 4 heteroatoms. The van der Waals surface area contributed by atoms with E-state index in [9.17, 15) is 4.39 Å². The van der Waals surface area contributed by atoms with E-state index in [1.54, 1.807) is 6.07 Å². The monoisotopic (exact) mass is 305 g/mol. The van der Waals surface area contributed by atoms with Crippen molar-refractivity contribution in [3.05, 3.63) is 29.1 Å². The van der Waals surface area contributed by atoms with Gasteiger partial charge in [-0.05, 0) is 50.3 Å². The molecule has 1 saturated carbocycles. The Bertz CT molecular complexity index is 546. The van der Waals surface area contributed by atoms with Crippen LogP contribution < -0.4 is 4.74 Å². The zero-order valence-electron chi connectivity index (χ0n) is 13.0. The lowest BCUT2D eigenvalue weighted by Gasteiger charge is -2.44. The van der Waals surface area contributed by atoms with Crippen LogP contribution in [0.3, 0.4) is 0 Å². The van der Waals surface area contributed by atoms with Gasteiger partial charge in [-0.15, -0.1) is 0 Å². The number of halogens is 1. The summed E-state index contributed by atoms with van der Waals surface area (Å²) in [5, 5.41) is 0. The summed E-state index contributed by atoms with van der Waals surface area (Å²) in [7, 11) is 0. The Morgan fingerprint density at radius 3 is 2.95 bits per heavy atom. The van der Waals surface area contributed by atoms with Crippen molar-refractivity contribution < 1.29 is 13.9 Å². The summed E-state index contributed by atoms with van der Waals surface area (Å²) in [4.78, 5) is 2.57. The van der Waals surface area contributed by atoms with Gasteiger partial charge in [0.05, 0.1) is 6.61 Å². The van der Waals surface area contributed by atoms with Crippen molar-refractivity contribution in [2.24, 2.45) is 5.92 Å². The van der Waals surface area contributed by atoms with Crippen LogP contribution in [0.15, 0.2) is 12.1 Å². The zero-order valence-corrected chi connectivity index (χ0v) is 13.0. The predicted octanol–water partition coefficient (Wildman–Crippen LogP) is 3.85. The van der Waals surface area contributed by atoms with Crippen LogP contribution in [0.2, 0.25) is 0 Å². The minimum atomic E-state index is -0.181. The van der Waals surface area contributed by atoms with Crippen LogP contribution in [0.25, 0.3) is 0 Å². The predicted molar refractivity (Wildman–Crippen MR) is 82.1 cm³/mol. The van der Waals surface area contributed by atoms with Crippen LogP contribution >= 0.6 is 0 Å². The molecule has 0 amide bonds. The molecular weight excluding hydrogens is 281 g/mol. The van der Waals surface area contributed by atoms with E-state index < -0.39 is 0 Å². The normalized spacial score (nSPS) is 28.6. The van der Waals surface area contributed by atoms with Crippen LogP contribution in [0.5, 0.6) is 5.75 Å². The van der Waals surface area contributed by atoms with Gasteiger partial charge in [0.1, 0.15) is 11.6 Å². The quantitative estimate of drug-likeness (QED) is 0.828. The van der Waals surface area contributed by atoms with Gasteiger partial charge in [-0.2, -0.15) is 0 Å². The summed E-state index contributed by atoms with van der Waals surface area (Å²) in [5.74, 6) is 1.52. The number of nitrogens with zero attached hydrogens (tertiary/aromatic N) is 1. The molecule has 0 radical (unpaired) electrons. The summed E-state index contributed by atoms with van der Waals surface area (Å²) in [6, 6.07) is 3.87. The van der Waals surface area contributed by atoms with Crippen molar-refractivity contribution in [3.63, 3.8) is 0 Å². The van der Waals surface area contributed by atoms with Gasteiger partial charge in [0.2, 0.25) is 0 Å². The van der Waals surface area contributed by atoms with Gasteiger partial charge in [-0.1, -0.05) is 12.8 Å². The highest BCUT2D eigenvalue weighted by molar-refractivity contribution is 5.42. The lowest BCUT2D eigenvalue weighted by atomic mass is 9.78. The molecule has 0 aromatic heterocycles. The fourth-order valence-corrected chi connectivity index (χ4v) is 4.52. The number of piperidine rings is 1. The van der Waals surface area contributed by atoms with E-state index in [1.165, 1.54) is 44.6 Å². The third kappa shape index (κ3) is 2.74. The number of likely N-dealkylation sites (tertiary alicyclic amines) is 1. The Balaban J connectivity index is 1.58. The number of hydrogen-bond donors (Lipinski definition) is 0. The summed E-state index contributed by atoms with van der Waals surface area (Å²) in [5.41, 5.74) is 1.84. The molecule has 120 valence electrons. The number of benzene rings is 1. The molecule has 22 heavy (non-hydrogen) atoms. The average molecular weight is 305 g/mol. The van der Waals surface area contributed by atoms with Gasteiger partial charge in [-0.25, -0.2) is 4.39 Å². The third-order valence-electron chi connectivity index (χ3n) is 5.48. The first-order valence-corrected chi connectivity index (χ1v) is 8.57. The lowest BCUT2D eigenvalue weighted by molar-refractivity contribution is -0.0185. The minimum absolute atomic E-state index is 0.181. The van der Waals surface area contributed by atoms with Gasteiger partial charge >= 0.3 is 0 Å². The smallest absolute Gasteiger partial charge is 0.189 e. The number of rotatable bonds is 2.